The number of rotatable bonds is 1. The first-order valence-corrected chi connectivity index (χ1v) is 3.94. The fourth-order valence-electron chi connectivity index (χ4n) is 0.601. The predicted octanol–water partition coefficient (Wildman–Crippen LogP) is 2.03. The molecule has 0 aliphatic rings. The monoisotopic (exact) mass is 185 g/mol. The van der Waals surface area contributed by atoms with E-state index in [0.29, 0.717) is 0 Å². The molecule has 0 amide bonds. The molecule has 0 unspecified atom stereocenters. The van der Waals surface area contributed by atoms with E-state index < -0.39 is 11.8 Å². The van der Waals surface area contributed by atoms with Gasteiger partial charge >= 0.3 is 5.97 Å². The summed E-state index contributed by atoms with van der Waals surface area (Å²) in [5.74, 6) is -1.04. The van der Waals surface area contributed by atoms with Crippen LogP contribution in [0.5, 0.6) is 0 Å². The first-order valence-electron chi connectivity index (χ1n) is 3.94. The summed E-state index contributed by atoms with van der Waals surface area (Å²) in [6, 6.07) is 2.42. The highest BCUT2D eigenvalue weighted by molar-refractivity contribution is 5.86. The number of halogens is 1. The van der Waals surface area contributed by atoms with E-state index in [0.717, 1.165) is 12.3 Å². The van der Waals surface area contributed by atoms with E-state index in [9.17, 15) is 9.18 Å². The maximum absolute atomic E-state index is 12.2. The normalized spacial score (nSPS) is 8.31. The summed E-state index contributed by atoms with van der Waals surface area (Å²) < 4.78 is 16.6. The molecular weight excluding hydrogens is 173 g/mol. The zero-order valence-corrected chi connectivity index (χ0v) is 7.87. The van der Waals surface area contributed by atoms with Gasteiger partial charge in [0.1, 0.15) is 11.5 Å². The molecule has 1 heterocycles. The molecule has 0 aliphatic heterocycles. The van der Waals surface area contributed by atoms with Crippen molar-refractivity contribution in [3.63, 3.8) is 0 Å². The lowest BCUT2D eigenvalue weighted by Crippen LogP contribution is -2.03. The minimum absolute atomic E-state index is 0.105. The van der Waals surface area contributed by atoms with E-state index in [2.05, 4.69) is 9.72 Å². The summed E-state index contributed by atoms with van der Waals surface area (Å²) in [6.07, 6.45) is 0.965. The topological polar surface area (TPSA) is 39.2 Å². The van der Waals surface area contributed by atoms with Crippen molar-refractivity contribution < 1.29 is 13.9 Å². The number of aromatic nitrogens is 1. The highest BCUT2D eigenvalue weighted by Crippen LogP contribution is 1.98. The van der Waals surface area contributed by atoms with Crippen molar-refractivity contribution >= 4 is 5.97 Å². The third-order valence-electron chi connectivity index (χ3n) is 1.12. The van der Waals surface area contributed by atoms with Crippen LogP contribution in [0.2, 0.25) is 0 Å². The minimum atomic E-state index is -0.565. The third-order valence-corrected chi connectivity index (χ3v) is 1.12. The Morgan fingerprint density at radius 1 is 1.46 bits per heavy atom. The molecule has 1 rings (SSSR count). The standard InChI is InChI=1S/C7H6FNO2.C2H6/c1-11-7(10)6-3-2-5(8)4-9-6;1-2/h2-4H,1H3;1-2H3. The summed E-state index contributed by atoms with van der Waals surface area (Å²) in [5.41, 5.74) is 0.105. The molecule has 3 nitrogen and oxygen atoms in total. The lowest BCUT2D eigenvalue weighted by Gasteiger charge is -1.95. The fourth-order valence-corrected chi connectivity index (χ4v) is 0.601. The maximum Gasteiger partial charge on any atom is 0.356 e. The van der Waals surface area contributed by atoms with Crippen LogP contribution >= 0.6 is 0 Å². The Balaban J connectivity index is 0.000000671. The average molecular weight is 185 g/mol. The van der Waals surface area contributed by atoms with Crippen molar-refractivity contribution in [3.8, 4) is 0 Å². The van der Waals surface area contributed by atoms with Gasteiger partial charge in [-0.15, -0.1) is 0 Å². The Labute approximate surface area is 76.6 Å². The lowest BCUT2D eigenvalue weighted by molar-refractivity contribution is 0.0594. The van der Waals surface area contributed by atoms with E-state index in [4.69, 9.17) is 0 Å². The number of ether oxygens (including phenoxy) is 1. The predicted molar refractivity (Wildman–Crippen MR) is 46.9 cm³/mol. The second kappa shape index (κ2) is 6.11. The molecule has 72 valence electrons. The first kappa shape index (κ1) is 11.6. The van der Waals surface area contributed by atoms with Crippen molar-refractivity contribution in [2.24, 2.45) is 0 Å². The van der Waals surface area contributed by atoms with Crippen molar-refractivity contribution in [2.75, 3.05) is 7.11 Å². The van der Waals surface area contributed by atoms with Gasteiger partial charge in [-0.2, -0.15) is 0 Å². The van der Waals surface area contributed by atoms with Gasteiger partial charge in [0, 0.05) is 0 Å². The van der Waals surface area contributed by atoms with Crippen LogP contribution < -0.4 is 0 Å². The van der Waals surface area contributed by atoms with Crippen LogP contribution in [0.15, 0.2) is 18.3 Å². The number of carbonyl (C=O) groups excluding carboxylic acids is 1. The second-order valence-corrected chi connectivity index (χ2v) is 1.85. The SMILES string of the molecule is CC.COC(=O)c1ccc(F)cn1. The number of hydrogen-bond donors (Lipinski definition) is 0. The molecule has 1 aromatic rings. The van der Waals surface area contributed by atoms with Crippen LogP contribution in [0.25, 0.3) is 0 Å². The summed E-state index contributed by atoms with van der Waals surface area (Å²) >= 11 is 0. The molecule has 0 bridgehead atoms. The summed E-state index contributed by atoms with van der Waals surface area (Å²) in [5, 5.41) is 0. The first-order chi connectivity index (χ1) is 6.24. The smallest absolute Gasteiger partial charge is 0.356 e. The molecule has 0 aliphatic carbocycles. The molecule has 0 N–H and O–H groups in total. The Hall–Kier alpha value is -1.45. The van der Waals surface area contributed by atoms with Crippen LogP contribution in [-0.2, 0) is 4.74 Å². The van der Waals surface area contributed by atoms with Crippen LogP contribution in [-0.4, -0.2) is 18.1 Å². The largest absolute Gasteiger partial charge is 0.464 e. The zero-order chi connectivity index (χ0) is 10.3. The lowest BCUT2D eigenvalue weighted by atomic mass is 10.3. The van der Waals surface area contributed by atoms with Gasteiger partial charge in [0.2, 0.25) is 0 Å². The van der Waals surface area contributed by atoms with Gasteiger partial charge in [-0.1, -0.05) is 13.8 Å². The quantitative estimate of drug-likeness (QED) is 0.628. The molecule has 0 aromatic carbocycles. The molecule has 0 saturated carbocycles. The Morgan fingerprint density at radius 2 is 2.08 bits per heavy atom. The Bertz CT molecular complexity index is 259. The van der Waals surface area contributed by atoms with Gasteiger partial charge in [-0.3, -0.25) is 0 Å². The molecule has 0 fully saturated rings. The molecular formula is C9H12FNO2. The molecule has 4 heteroatoms. The molecule has 0 atom stereocenters. The molecule has 0 spiro atoms. The molecule has 1 aromatic heterocycles. The third kappa shape index (κ3) is 3.64. The number of methoxy groups -OCH3 is 1. The van der Waals surface area contributed by atoms with Crippen LogP contribution in [0.3, 0.4) is 0 Å². The van der Waals surface area contributed by atoms with Gasteiger partial charge in [0.05, 0.1) is 13.3 Å². The van der Waals surface area contributed by atoms with Crippen LogP contribution in [0.1, 0.15) is 24.3 Å². The van der Waals surface area contributed by atoms with Crippen molar-refractivity contribution in [1.82, 2.24) is 4.98 Å². The van der Waals surface area contributed by atoms with Gasteiger partial charge in [0.25, 0.3) is 0 Å². The molecule has 0 radical (unpaired) electrons. The number of pyridine rings is 1. The van der Waals surface area contributed by atoms with Gasteiger partial charge in [0.15, 0.2) is 0 Å². The average Bonchev–Trinajstić information content (AvgIpc) is 2.21. The highest BCUT2D eigenvalue weighted by Gasteiger charge is 2.04. The summed E-state index contributed by atoms with van der Waals surface area (Å²) in [7, 11) is 1.24. The van der Waals surface area contributed by atoms with E-state index in [1.807, 2.05) is 13.8 Å². The van der Waals surface area contributed by atoms with Crippen molar-refractivity contribution in [3.05, 3.63) is 29.8 Å². The Morgan fingerprint density at radius 3 is 2.46 bits per heavy atom. The van der Waals surface area contributed by atoms with E-state index in [1.165, 1.54) is 13.2 Å². The zero-order valence-electron chi connectivity index (χ0n) is 7.87. The maximum atomic E-state index is 12.2. The second-order valence-electron chi connectivity index (χ2n) is 1.85. The number of esters is 1. The highest BCUT2D eigenvalue weighted by atomic mass is 19.1. The number of hydrogen-bond acceptors (Lipinski definition) is 3. The van der Waals surface area contributed by atoms with Gasteiger partial charge < -0.3 is 4.74 Å². The van der Waals surface area contributed by atoms with Gasteiger partial charge in [-0.25, -0.2) is 14.2 Å². The summed E-state index contributed by atoms with van der Waals surface area (Å²) in [6.45, 7) is 4.00. The fraction of sp³-hybridized carbons (Fsp3) is 0.333. The van der Waals surface area contributed by atoms with Crippen molar-refractivity contribution in [2.45, 2.75) is 13.8 Å². The molecule has 13 heavy (non-hydrogen) atoms. The van der Waals surface area contributed by atoms with E-state index >= 15 is 0 Å². The number of carbonyl (C=O) groups is 1. The van der Waals surface area contributed by atoms with Gasteiger partial charge in [-0.05, 0) is 12.1 Å². The summed E-state index contributed by atoms with van der Waals surface area (Å²) in [4.78, 5) is 14.2. The van der Waals surface area contributed by atoms with Crippen LogP contribution in [0.4, 0.5) is 4.39 Å². The van der Waals surface area contributed by atoms with E-state index in [1.54, 1.807) is 0 Å². The number of nitrogens with zero attached hydrogens (tertiary/aromatic N) is 1. The Kier molecular flexibility index (Phi) is 5.43. The van der Waals surface area contributed by atoms with Crippen LogP contribution in [0, 0.1) is 5.82 Å². The minimum Gasteiger partial charge on any atom is -0.464 e. The van der Waals surface area contributed by atoms with E-state index in [-0.39, 0.29) is 5.69 Å². The van der Waals surface area contributed by atoms with Crippen molar-refractivity contribution in [1.29, 1.82) is 0 Å². The molecule has 0 saturated heterocycles.